The number of nitrogens with one attached hydrogen (secondary N) is 1. The molecule has 5 N–H and O–H groups in total. The Bertz CT molecular complexity index is 266. The lowest BCUT2D eigenvalue weighted by Gasteiger charge is -2.36. The molecule has 0 bridgehead atoms. The van der Waals surface area contributed by atoms with Gasteiger partial charge in [0.1, 0.15) is 0 Å². The number of hydrogen-bond acceptors (Lipinski definition) is 6. The Balaban J connectivity index is 2.18. The molecule has 14 heavy (non-hydrogen) atoms. The van der Waals surface area contributed by atoms with Crippen molar-refractivity contribution in [2.75, 3.05) is 20.1 Å². The Morgan fingerprint density at radius 1 is 1.21 bits per heavy atom. The maximum absolute atomic E-state index is 5.63. The lowest BCUT2D eigenvalue weighted by atomic mass is 9.98. The highest BCUT2D eigenvalue weighted by Gasteiger charge is 2.35. The van der Waals surface area contributed by atoms with Crippen LogP contribution in [0.3, 0.4) is 0 Å². The van der Waals surface area contributed by atoms with E-state index in [0.29, 0.717) is 11.9 Å². The molecule has 0 atom stereocenters. The Hall–Kier alpha value is -1.30. The molecule has 2 rings (SSSR count). The monoisotopic (exact) mass is 196 g/mol. The second-order valence-electron chi connectivity index (χ2n) is 3.90. The van der Waals surface area contributed by atoms with Gasteiger partial charge in [-0.25, -0.2) is 9.98 Å². The van der Waals surface area contributed by atoms with E-state index in [4.69, 9.17) is 11.5 Å². The maximum Gasteiger partial charge on any atom is 0.197 e. The summed E-state index contributed by atoms with van der Waals surface area (Å²) in [7, 11) is 2.09. The van der Waals surface area contributed by atoms with E-state index >= 15 is 0 Å². The van der Waals surface area contributed by atoms with Crippen LogP contribution < -0.4 is 16.8 Å². The standard InChI is InChI=1S/C8H16N6/c1-14-4-2-8(3-5-14)12-6(9)11-7(10)13-8/h2-5H2,1H3,(H5,9,10,11,12,13). The minimum absolute atomic E-state index is 0.377. The first-order valence-corrected chi connectivity index (χ1v) is 4.76. The van der Waals surface area contributed by atoms with Gasteiger partial charge in [0.25, 0.3) is 0 Å². The van der Waals surface area contributed by atoms with Gasteiger partial charge in [-0.2, -0.15) is 0 Å². The Kier molecular flexibility index (Phi) is 2.07. The molecule has 2 aliphatic rings. The lowest BCUT2D eigenvalue weighted by Crippen LogP contribution is -2.52. The van der Waals surface area contributed by atoms with Crippen LogP contribution in [-0.4, -0.2) is 42.6 Å². The third kappa shape index (κ3) is 1.65. The predicted octanol–water partition coefficient (Wildman–Crippen LogP) is -1.36. The van der Waals surface area contributed by atoms with Gasteiger partial charge in [-0.1, -0.05) is 0 Å². The Morgan fingerprint density at radius 2 is 1.71 bits per heavy atom. The average molecular weight is 196 g/mol. The van der Waals surface area contributed by atoms with Crippen molar-refractivity contribution in [3.8, 4) is 0 Å². The van der Waals surface area contributed by atoms with E-state index in [2.05, 4.69) is 27.2 Å². The molecule has 0 aliphatic carbocycles. The average Bonchev–Trinajstić information content (AvgIpc) is 2.09. The summed E-state index contributed by atoms with van der Waals surface area (Å²) >= 11 is 0. The minimum Gasteiger partial charge on any atom is -0.370 e. The van der Waals surface area contributed by atoms with Gasteiger partial charge in [0.05, 0.1) is 0 Å². The van der Waals surface area contributed by atoms with E-state index in [-0.39, 0.29) is 0 Å². The predicted molar refractivity (Wildman–Crippen MR) is 55.8 cm³/mol. The van der Waals surface area contributed by atoms with E-state index in [9.17, 15) is 0 Å². The molecule has 2 heterocycles. The molecule has 1 spiro atoms. The molecule has 1 saturated heterocycles. The molecule has 0 radical (unpaired) electrons. The fourth-order valence-corrected chi connectivity index (χ4v) is 1.86. The zero-order chi connectivity index (χ0) is 10.2. The zero-order valence-corrected chi connectivity index (χ0v) is 8.32. The van der Waals surface area contributed by atoms with Crippen molar-refractivity contribution in [2.24, 2.45) is 21.5 Å². The highest BCUT2D eigenvalue weighted by molar-refractivity contribution is 5.98. The number of likely N-dealkylation sites (tertiary alicyclic amines) is 1. The molecule has 6 nitrogen and oxygen atoms in total. The summed E-state index contributed by atoms with van der Waals surface area (Å²) in [6, 6.07) is 0. The van der Waals surface area contributed by atoms with Crippen molar-refractivity contribution in [1.82, 2.24) is 10.2 Å². The van der Waals surface area contributed by atoms with Crippen molar-refractivity contribution in [2.45, 2.75) is 18.5 Å². The number of hydrogen-bond donors (Lipinski definition) is 3. The smallest absolute Gasteiger partial charge is 0.197 e. The number of piperidine rings is 1. The number of nitrogens with zero attached hydrogens (tertiary/aromatic N) is 3. The van der Waals surface area contributed by atoms with Gasteiger partial charge in [-0.3, -0.25) is 5.32 Å². The van der Waals surface area contributed by atoms with Crippen LogP contribution in [0.4, 0.5) is 0 Å². The lowest BCUT2D eigenvalue weighted by molar-refractivity contribution is 0.196. The van der Waals surface area contributed by atoms with E-state index in [0.717, 1.165) is 25.9 Å². The number of guanidine groups is 2. The van der Waals surface area contributed by atoms with E-state index in [1.807, 2.05) is 0 Å². The molecule has 0 unspecified atom stereocenters. The SMILES string of the molecule is CN1CCC2(CC1)N=C(N)NC(N)=N2. The molecule has 78 valence electrons. The molecule has 0 aromatic rings. The molecule has 0 amide bonds. The third-order valence-corrected chi connectivity index (χ3v) is 2.70. The molecular weight excluding hydrogens is 180 g/mol. The first-order chi connectivity index (χ1) is 6.60. The molecule has 0 saturated carbocycles. The van der Waals surface area contributed by atoms with Crippen molar-refractivity contribution in [3.63, 3.8) is 0 Å². The minimum atomic E-state index is -0.397. The highest BCUT2D eigenvalue weighted by Crippen LogP contribution is 2.28. The van der Waals surface area contributed by atoms with Gasteiger partial charge >= 0.3 is 0 Å². The summed E-state index contributed by atoms with van der Waals surface area (Å²) in [6.07, 6.45) is 1.76. The highest BCUT2D eigenvalue weighted by atomic mass is 15.3. The largest absolute Gasteiger partial charge is 0.370 e. The molecule has 6 heteroatoms. The molecule has 0 aromatic heterocycles. The van der Waals surface area contributed by atoms with Gasteiger partial charge < -0.3 is 16.4 Å². The zero-order valence-electron chi connectivity index (χ0n) is 8.32. The van der Waals surface area contributed by atoms with Crippen LogP contribution in [-0.2, 0) is 0 Å². The van der Waals surface area contributed by atoms with Gasteiger partial charge in [0, 0.05) is 25.9 Å². The van der Waals surface area contributed by atoms with E-state index < -0.39 is 5.66 Å². The fraction of sp³-hybridized carbons (Fsp3) is 0.750. The summed E-state index contributed by atoms with van der Waals surface area (Å²) in [4.78, 5) is 10.9. The van der Waals surface area contributed by atoms with Crippen LogP contribution in [0.15, 0.2) is 9.98 Å². The van der Waals surface area contributed by atoms with Crippen LogP contribution in [0.25, 0.3) is 0 Å². The number of rotatable bonds is 0. The van der Waals surface area contributed by atoms with Crippen LogP contribution in [0.5, 0.6) is 0 Å². The first kappa shape index (κ1) is 9.26. The first-order valence-electron chi connectivity index (χ1n) is 4.76. The van der Waals surface area contributed by atoms with Crippen molar-refractivity contribution in [3.05, 3.63) is 0 Å². The molecule has 1 fully saturated rings. The van der Waals surface area contributed by atoms with Crippen LogP contribution in [0, 0.1) is 0 Å². The second-order valence-corrected chi connectivity index (χ2v) is 3.90. The van der Waals surface area contributed by atoms with Gasteiger partial charge in [-0.05, 0) is 7.05 Å². The molecular formula is C8H16N6. The fourth-order valence-electron chi connectivity index (χ4n) is 1.86. The Morgan fingerprint density at radius 3 is 2.21 bits per heavy atom. The second kappa shape index (κ2) is 3.13. The van der Waals surface area contributed by atoms with Crippen LogP contribution in [0.2, 0.25) is 0 Å². The topological polar surface area (TPSA) is 92.0 Å². The van der Waals surface area contributed by atoms with Crippen molar-refractivity contribution >= 4 is 11.9 Å². The summed E-state index contributed by atoms with van der Waals surface area (Å²) in [5, 5.41) is 2.70. The molecule has 0 aromatic carbocycles. The number of nitrogens with two attached hydrogens (primary N) is 2. The van der Waals surface area contributed by atoms with Gasteiger partial charge in [-0.15, -0.1) is 0 Å². The summed E-state index contributed by atoms with van der Waals surface area (Å²) in [5.74, 6) is 0.754. The molecule has 2 aliphatic heterocycles. The van der Waals surface area contributed by atoms with E-state index in [1.54, 1.807) is 0 Å². The van der Waals surface area contributed by atoms with Crippen LogP contribution in [0.1, 0.15) is 12.8 Å². The normalized spacial score (nSPS) is 26.6. The van der Waals surface area contributed by atoms with Crippen molar-refractivity contribution in [1.29, 1.82) is 0 Å². The summed E-state index contributed by atoms with van der Waals surface area (Å²) in [5.41, 5.74) is 10.9. The quantitative estimate of drug-likeness (QED) is 0.446. The Labute approximate surface area is 83.1 Å². The van der Waals surface area contributed by atoms with Crippen LogP contribution >= 0.6 is 0 Å². The summed E-state index contributed by atoms with van der Waals surface area (Å²) in [6.45, 7) is 1.96. The maximum atomic E-state index is 5.63. The van der Waals surface area contributed by atoms with Gasteiger partial charge in [0.15, 0.2) is 17.6 Å². The third-order valence-electron chi connectivity index (χ3n) is 2.70. The van der Waals surface area contributed by atoms with E-state index in [1.165, 1.54) is 0 Å². The van der Waals surface area contributed by atoms with Crippen molar-refractivity contribution < 1.29 is 0 Å². The summed E-state index contributed by atoms with van der Waals surface area (Å²) < 4.78 is 0. The van der Waals surface area contributed by atoms with Gasteiger partial charge in [0.2, 0.25) is 0 Å². The number of aliphatic imine (C=N–C) groups is 2.